The number of alkyl halides is 1. The highest BCUT2D eigenvalue weighted by molar-refractivity contribution is 9.09. The Bertz CT molecular complexity index is 153. The number of amides is 1. The Kier molecular flexibility index (Phi) is 9.40. The summed E-state index contributed by atoms with van der Waals surface area (Å²) in [5.74, 6) is 0.555. The fraction of sp³-hybridized carbons (Fsp3) is 0.900. The van der Waals surface area contributed by atoms with Gasteiger partial charge in [0.05, 0.1) is 0 Å². The SMILES string of the molecule is CCOCC(=O)NCC(CC)CCBr. The predicted molar refractivity (Wildman–Crippen MR) is 61.7 cm³/mol. The fourth-order valence-corrected chi connectivity index (χ4v) is 1.76. The van der Waals surface area contributed by atoms with Gasteiger partial charge in [0, 0.05) is 18.5 Å². The number of hydrogen-bond donors (Lipinski definition) is 1. The van der Waals surface area contributed by atoms with Crippen LogP contribution in [0.25, 0.3) is 0 Å². The topological polar surface area (TPSA) is 38.3 Å². The van der Waals surface area contributed by atoms with Gasteiger partial charge in [-0.1, -0.05) is 29.3 Å². The van der Waals surface area contributed by atoms with E-state index >= 15 is 0 Å². The zero-order valence-electron chi connectivity index (χ0n) is 9.01. The average Bonchev–Trinajstić information content (AvgIpc) is 2.21. The minimum absolute atomic E-state index is 0.0140. The zero-order chi connectivity index (χ0) is 10.8. The molecular weight excluding hydrogens is 246 g/mol. The van der Waals surface area contributed by atoms with E-state index in [-0.39, 0.29) is 12.5 Å². The van der Waals surface area contributed by atoms with Crippen LogP contribution in [0.1, 0.15) is 26.7 Å². The van der Waals surface area contributed by atoms with Crippen molar-refractivity contribution < 1.29 is 9.53 Å². The summed E-state index contributed by atoms with van der Waals surface area (Å²) in [4.78, 5) is 11.2. The van der Waals surface area contributed by atoms with Gasteiger partial charge in [0.25, 0.3) is 0 Å². The Labute approximate surface area is 94.7 Å². The van der Waals surface area contributed by atoms with Crippen molar-refractivity contribution in [3.05, 3.63) is 0 Å². The number of rotatable bonds is 8. The molecule has 0 rings (SSSR count). The van der Waals surface area contributed by atoms with Crippen molar-refractivity contribution in [3.8, 4) is 0 Å². The second kappa shape index (κ2) is 9.46. The van der Waals surface area contributed by atoms with Gasteiger partial charge < -0.3 is 10.1 Å². The summed E-state index contributed by atoms with van der Waals surface area (Å²) in [5.41, 5.74) is 0. The minimum Gasteiger partial charge on any atom is -0.372 e. The highest BCUT2D eigenvalue weighted by Crippen LogP contribution is 2.08. The zero-order valence-corrected chi connectivity index (χ0v) is 10.6. The van der Waals surface area contributed by atoms with Crippen LogP contribution in [0.3, 0.4) is 0 Å². The van der Waals surface area contributed by atoms with Gasteiger partial charge in [0.2, 0.25) is 5.91 Å². The lowest BCUT2D eigenvalue weighted by atomic mass is 10.0. The number of hydrogen-bond acceptors (Lipinski definition) is 2. The van der Waals surface area contributed by atoms with E-state index in [4.69, 9.17) is 4.74 Å². The molecule has 0 bridgehead atoms. The van der Waals surface area contributed by atoms with Gasteiger partial charge in [-0.3, -0.25) is 4.79 Å². The maximum Gasteiger partial charge on any atom is 0.246 e. The van der Waals surface area contributed by atoms with Crippen LogP contribution in [0.15, 0.2) is 0 Å². The van der Waals surface area contributed by atoms with Crippen molar-refractivity contribution in [2.45, 2.75) is 26.7 Å². The van der Waals surface area contributed by atoms with E-state index in [0.717, 1.165) is 24.7 Å². The number of nitrogens with one attached hydrogen (secondary N) is 1. The number of ether oxygens (including phenoxy) is 1. The highest BCUT2D eigenvalue weighted by Gasteiger charge is 2.07. The molecule has 1 unspecified atom stereocenters. The number of carbonyl (C=O) groups excluding carboxylic acids is 1. The molecule has 0 radical (unpaired) electrons. The van der Waals surface area contributed by atoms with Crippen LogP contribution in [-0.4, -0.2) is 31.0 Å². The predicted octanol–water partition coefficient (Wildman–Crippen LogP) is 1.95. The third-order valence-corrected chi connectivity index (χ3v) is 2.58. The molecule has 0 aromatic heterocycles. The first kappa shape index (κ1) is 13.9. The molecular formula is C10H20BrNO2. The quantitative estimate of drug-likeness (QED) is 0.682. The largest absolute Gasteiger partial charge is 0.372 e. The fourth-order valence-electron chi connectivity index (χ4n) is 1.11. The maximum atomic E-state index is 11.2. The molecule has 0 fully saturated rings. The molecule has 0 aliphatic rings. The molecule has 0 aliphatic carbocycles. The summed E-state index contributed by atoms with van der Waals surface area (Å²) in [6.45, 7) is 5.55. The first-order valence-electron chi connectivity index (χ1n) is 5.14. The molecule has 14 heavy (non-hydrogen) atoms. The summed E-state index contributed by atoms with van der Waals surface area (Å²) in [6, 6.07) is 0. The van der Waals surface area contributed by atoms with Crippen molar-refractivity contribution in [1.29, 1.82) is 0 Å². The van der Waals surface area contributed by atoms with E-state index in [9.17, 15) is 4.79 Å². The molecule has 1 atom stereocenters. The van der Waals surface area contributed by atoms with E-state index in [1.54, 1.807) is 0 Å². The maximum absolute atomic E-state index is 11.2. The lowest BCUT2D eigenvalue weighted by Crippen LogP contribution is -2.32. The van der Waals surface area contributed by atoms with Crippen molar-refractivity contribution in [1.82, 2.24) is 5.32 Å². The van der Waals surface area contributed by atoms with Crippen LogP contribution in [0.5, 0.6) is 0 Å². The van der Waals surface area contributed by atoms with Crippen LogP contribution >= 0.6 is 15.9 Å². The first-order valence-corrected chi connectivity index (χ1v) is 6.27. The van der Waals surface area contributed by atoms with Crippen molar-refractivity contribution >= 4 is 21.8 Å². The van der Waals surface area contributed by atoms with Gasteiger partial charge in [-0.25, -0.2) is 0 Å². The molecule has 84 valence electrons. The minimum atomic E-state index is -0.0140. The van der Waals surface area contributed by atoms with Crippen molar-refractivity contribution in [2.24, 2.45) is 5.92 Å². The molecule has 1 amide bonds. The van der Waals surface area contributed by atoms with Gasteiger partial charge in [-0.15, -0.1) is 0 Å². The third-order valence-electron chi connectivity index (χ3n) is 2.12. The average molecular weight is 266 g/mol. The Morgan fingerprint density at radius 1 is 1.50 bits per heavy atom. The Balaban J connectivity index is 3.52. The van der Waals surface area contributed by atoms with Crippen LogP contribution < -0.4 is 5.32 Å². The monoisotopic (exact) mass is 265 g/mol. The van der Waals surface area contributed by atoms with E-state index in [1.165, 1.54) is 0 Å². The normalized spacial score (nSPS) is 12.5. The molecule has 0 spiro atoms. The number of halogens is 1. The summed E-state index contributed by atoms with van der Waals surface area (Å²) in [6.07, 6.45) is 2.20. The van der Waals surface area contributed by atoms with E-state index in [1.807, 2.05) is 6.92 Å². The van der Waals surface area contributed by atoms with Crippen LogP contribution in [0.2, 0.25) is 0 Å². The van der Waals surface area contributed by atoms with E-state index in [2.05, 4.69) is 28.2 Å². The Hall–Kier alpha value is -0.0900. The standard InChI is InChI=1S/C10H20BrNO2/c1-3-9(5-6-11)7-12-10(13)8-14-4-2/h9H,3-8H2,1-2H3,(H,12,13). The second-order valence-electron chi connectivity index (χ2n) is 3.19. The first-order chi connectivity index (χ1) is 6.74. The van der Waals surface area contributed by atoms with E-state index < -0.39 is 0 Å². The summed E-state index contributed by atoms with van der Waals surface area (Å²) in [5, 5.41) is 3.86. The highest BCUT2D eigenvalue weighted by atomic mass is 79.9. The van der Waals surface area contributed by atoms with Crippen LogP contribution in [0.4, 0.5) is 0 Å². The summed E-state index contributed by atoms with van der Waals surface area (Å²) >= 11 is 3.40. The number of carbonyl (C=O) groups is 1. The molecule has 0 heterocycles. The molecule has 0 saturated heterocycles. The summed E-state index contributed by atoms with van der Waals surface area (Å²) in [7, 11) is 0. The lowest BCUT2D eigenvalue weighted by molar-refractivity contribution is -0.125. The van der Waals surface area contributed by atoms with Crippen molar-refractivity contribution in [2.75, 3.05) is 25.1 Å². The Morgan fingerprint density at radius 2 is 2.21 bits per heavy atom. The van der Waals surface area contributed by atoms with Crippen LogP contribution in [0, 0.1) is 5.92 Å². The lowest BCUT2D eigenvalue weighted by Gasteiger charge is -2.14. The third kappa shape index (κ3) is 7.33. The molecule has 0 saturated carbocycles. The van der Waals surface area contributed by atoms with Crippen LogP contribution in [-0.2, 0) is 9.53 Å². The van der Waals surface area contributed by atoms with Gasteiger partial charge in [-0.2, -0.15) is 0 Å². The molecule has 3 nitrogen and oxygen atoms in total. The molecule has 0 aromatic rings. The molecule has 0 aliphatic heterocycles. The van der Waals surface area contributed by atoms with Crippen molar-refractivity contribution in [3.63, 3.8) is 0 Å². The van der Waals surface area contributed by atoms with Gasteiger partial charge in [-0.05, 0) is 19.3 Å². The van der Waals surface area contributed by atoms with Gasteiger partial charge in [0.15, 0.2) is 0 Å². The summed E-state index contributed by atoms with van der Waals surface area (Å²) < 4.78 is 5.00. The smallest absolute Gasteiger partial charge is 0.246 e. The molecule has 1 N–H and O–H groups in total. The second-order valence-corrected chi connectivity index (χ2v) is 3.99. The molecule has 4 heteroatoms. The van der Waals surface area contributed by atoms with E-state index in [0.29, 0.717) is 12.5 Å². The van der Waals surface area contributed by atoms with Gasteiger partial charge >= 0.3 is 0 Å². The van der Waals surface area contributed by atoms with Gasteiger partial charge in [0.1, 0.15) is 6.61 Å². The molecule has 0 aromatic carbocycles. The Morgan fingerprint density at radius 3 is 2.71 bits per heavy atom.